The van der Waals surface area contributed by atoms with Crippen LogP contribution < -0.4 is 10.1 Å². The molecular formula is C25H24N4O3. The van der Waals surface area contributed by atoms with Crippen LogP contribution in [0.5, 0.6) is 5.88 Å². The Balaban J connectivity index is 1.36. The van der Waals surface area contributed by atoms with E-state index in [0.29, 0.717) is 18.7 Å². The van der Waals surface area contributed by atoms with Gasteiger partial charge in [-0.3, -0.25) is 4.79 Å². The van der Waals surface area contributed by atoms with Crippen LogP contribution in [-0.4, -0.2) is 27.8 Å². The fourth-order valence-electron chi connectivity index (χ4n) is 4.37. The number of hydrogen-bond donors (Lipinski definition) is 1. The molecule has 0 atom stereocenters. The topological polar surface area (TPSA) is 82.2 Å². The summed E-state index contributed by atoms with van der Waals surface area (Å²) in [7, 11) is 3.45. The van der Waals surface area contributed by atoms with Crippen LogP contribution in [0, 0.1) is 13.8 Å². The number of nitrogens with one attached hydrogen (secondary N) is 1. The molecule has 2 aromatic carbocycles. The first kappa shape index (κ1) is 20.1. The van der Waals surface area contributed by atoms with Gasteiger partial charge in [0.2, 0.25) is 11.8 Å². The minimum absolute atomic E-state index is 0.0579. The molecule has 0 saturated heterocycles. The SMILES string of the molecule is COc1nn(C)c2nc(C)c(CCC(=O)Nc3ccc4c(c3)oc3ccccc34)c(C)c12. The summed E-state index contributed by atoms with van der Waals surface area (Å²) in [5.74, 6) is 0.495. The zero-order valence-corrected chi connectivity index (χ0v) is 18.5. The monoisotopic (exact) mass is 428 g/mol. The highest BCUT2D eigenvalue weighted by Crippen LogP contribution is 2.32. The van der Waals surface area contributed by atoms with Crippen molar-refractivity contribution in [3.63, 3.8) is 0 Å². The maximum atomic E-state index is 12.7. The molecule has 3 aromatic heterocycles. The molecule has 0 aliphatic heterocycles. The Kier molecular flexibility index (Phi) is 4.81. The van der Waals surface area contributed by atoms with Gasteiger partial charge in [0, 0.05) is 41.7 Å². The highest BCUT2D eigenvalue weighted by Gasteiger charge is 2.18. The lowest BCUT2D eigenvalue weighted by Crippen LogP contribution is -2.13. The summed E-state index contributed by atoms with van der Waals surface area (Å²) in [5.41, 5.74) is 6.10. The van der Waals surface area contributed by atoms with Crippen molar-refractivity contribution in [2.75, 3.05) is 12.4 Å². The minimum atomic E-state index is -0.0579. The van der Waals surface area contributed by atoms with Crippen molar-refractivity contribution < 1.29 is 13.9 Å². The van der Waals surface area contributed by atoms with Crippen LogP contribution in [0.4, 0.5) is 5.69 Å². The molecule has 1 N–H and O–H groups in total. The van der Waals surface area contributed by atoms with Crippen molar-refractivity contribution >= 4 is 44.6 Å². The molecule has 7 nitrogen and oxygen atoms in total. The smallest absolute Gasteiger partial charge is 0.242 e. The van der Waals surface area contributed by atoms with E-state index >= 15 is 0 Å². The number of benzene rings is 2. The normalized spacial score (nSPS) is 11.5. The van der Waals surface area contributed by atoms with E-state index in [-0.39, 0.29) is 5.91 Å². The lowest BCUT2D eigenvalue weighted by atomic mass is 10.00. The van der Waals surface area contributed by atoms with Crippen molar-refractivity contribution in [2.45, 2.75) is 26.7 Å². The number of para-hydroxylation sites is 1. The third-order valence-electron chi connectivity index (χ3n) is 5.98. The number of aromatic nitrogens is 3. The van der Waals surface area contributed by atoms with Gasteiger partial charge in [-0.25, -0.2) is 9.67 Å². The van der Waals surface area contributed by atoms with Gasteiger partial charge in [0.25, 0.3) is 0 Å². The van der Waals surface area contributed by atoms with Gasteiger partial charge in [-0.2, -0.15) is 0 Å². The van der Waals surface area contributed by atoms with Crippen molar-refractivity contribution in [1.82, 2.24) is 14.8 Å². The van der Waals surface area contributed by atoms with Gasteiger partial charge < -0.3 is 14.5 Å². The highest BCUT2D eigenvalue weighted by atomic mass is 16.5. The molecule has 32 heavy (non-hydrogen) atoms. The van der Waals surface area contributed by atoms with Gasteiger partial charge in [0.05, 0.1) is 12.5 Å². The number of rotatable bonds is 5. The van der Waals surface area contributed by atoms with Crippen molar-refractivity contribution in [3.8, 4) is 5.88 Å². The minimum Gasteiger partial charge on any atom is -0.479 e. The summed E-state index contributed by atoms with van der Waals surface area (Å²) in [6, 6.07) is 13.7. The highest BCUT2D eigenvalue weighted by molar-refractivity contribution is 6.06. The third kappa shape index (κ3) is 3.26. The standard InChI is InChI=1S/C25H24N4O3/c1-14-17(15(2)26-24-23(14)25(31-4)28-29(24)3)11-12-22(30)27-16-9-10-19-18-7-5-6-8-20(18)32-21(19)13-16/h5-10,13H,11-12H2,1-4H3,(H,27,30). The second-order valence-corrected chi connectivity index (χ2v) is 7.99. The van der Waals surface area contributed by atoms with Gasteiger partial charge >= 0.3 is 0 Å². The number of pyridine rings is 1. The molecule has 5 rings (SSSR count). The molecule has 0 fully saturated rings. The zero-order chi connectivity index (χ0) is 22.4. The Bertz CT molecular complexity index is 1500. The molecule has 0 radical (unpaired) electrons. The molecule has 0 spiro atoms. The number of ether oxygens (including phenoxy) is 1. The number of carbonyl (C=O) groups is 1. The zero-order valence-electron chi connectivity index (χ0n) is 18.5. The van der Waals surface area contributed by atoms with E-state index < -0.39 is 0 Å². The summed E-state index contributed by atoms with van der Waals surface area (Å²) in [5, 5.41) is 10.4. The van der Waals surface area contributed by atoms with E-state index in [1.807, 2.05) is 63.4 Å². The number of methoxy groups -OCH3 is 1. The Hall–Kier alpha value is -3.87. The second kappa shape index (κ2) is 7.67. The van der Waals surface area contributed by atoms with Crippen molar-refractivity contribution in [3.05, 3.63) is 59.3 Å². The van der Waals surface area contributed by atoms with Crippen LogP contribution in [0.2, 0.25) is 0 Å². The molecular weight excluding hydrogens is 404 g/mol. The van der Waals surface area contributed by atoms with Gasteiger partial charge in [0.1, 0.15) is 11.2 Å². The molecule has 7 heteroatoms. The number of hydrogen-bond acceptors (Lipinski definition) is 5. The number of nitrogens with zero attached hydrogens (tertiary/aromatic N) is 3. The number of fused-ring (bicyclic) bond motifs is 4. The van der Waals surface area contributed by atoms with Gasteiger partial charge in [-0.15, -0.1) is 5.10 Å². The van der Waals surface area contributed by atoms with E-state index in [9.17, 15) is 4.79 Å². The predicted molar refractivity (Wildman–Crippen MR) is 125 cm³/mol. The van der Waals surface area contributed by atoms with Gasteiger partial charge in [-0.05, 0) is 49.6 Å². The quantitative estimate of drug-likeness (QED) is 0.423. The van der Waals surface area contributed by atoms with Crippen molar-refractivity contribution in [2.24, 2.45) is 7.05 Å². The fraction of sp³-hybridized carbons (Fsp3) is 0.240. The number of amides is 1. The summed E-state index contributed by atoms with van der Waals surface area (Å²) in [4.78, 5) is 17.4. The Labute approximate surface area is 185 Å². The second-order valence-electron chi connectivity index (χ2n) is 7.99. The van der Waals surface area contributed by atoms with Crippen LogP contribution in [0.1, 0.15) is 23.2 Å². The first-order valence-electron chi connectivity index (χ1n) is 10.5. The number of furan rings is 1. The Morgan fingerprint density at radius 3 is 2.72 bits per heavy atom. The lowest BCUT2D eigenvalue weighted by molar-refractivity contribution is -0.116. The van der Waals surface area contributed by atoms with Crippen LogP contribution in [0.15, 0.2) is 46.9 Å². The van der Waals surface area contributed by atoms with Crippen molar-refractivity contribution in [1.29, 1.82) is 0 Å². The molecule has 0 aliphatic carbocycles. The Morgan fingerprint density at radius 2 is 1.91 bits per heavy atom. The number of anilines is 1. The Morgan fingerprint density at radius 1 is 1.12 bits per heavy atom. The molecule has 0 unspecified atom stereocenters. The van der Waals surface area contributed by atoms with Crippen LogP contribution in [0.25, 0.3) is 33.0 Å². The largest absolute Gasteiger partial charge is 0.479 e. The summed E-state index contributed by atoms with van der Waals surface area (Å²) >= 11 is 0. The maximum absolute atomic E-state index is 12.7. The number of carbonyl (C=O) groups excluding carboxylic acids is 1. The molecule has 5 aromatic rings. The average Bonchev–Trinajstić information content (AvgIpc) is 3.30. The van der Waals surface area contributed by atoms with Gasteiger partial charge in [0.15, 0.2) is 5.65 Å². The van der Waals surface area contributed by atoms with E-state index in [1.54, 1.807) is 11.8 Å². The molecule has 3 heterocycles. The first-order valence-corrected chi connectivity index (χ1v) is 10.5. The lowest BCUT2D eigenvalue weighted by Gasteiger charge is -2.11. The molecule has 0 bridgehead atoms. The first-order chi connectivity index (χ1) is 15.5. The summed E-state index contributed by atoms with van der Waals surface area (Å²) in [6.45, 7) is 4.00. The molecule has 1 amide bonds. The maximum Gasteiger partial charge on any atom is 0.242 e. The van der Waals surface area contributed by atoms with E-state index in [4.69, 9.17) is 14.1 Å². The average molecular weight is 428 g/mol. The van der Waals surface area contributed by atoms with Crippen LogP contribution in [-0.2, 0) is 18.3 Å². The summed E-state index contributed by atoms with van der Waals surface area (Å²) < 4.78 is 13.1. The van der Waals surface area contributed by atoms with E-state index in [1.165, 1.54) is 0 Å². The van der Waals surface area contributed by atoms with Gasteiger partial charge in [-0.1, -0.05) is 18.2 Å². The molecule has 0 saturated carbocycles. The molecule has 162 valence electrons. The predicted octanol–water partition coefficient (Wildman–Crippen LogP) is 5.06. The molecule has 0 aliphatic rings. The van der Waals surface area contributed by atoms with E-state index in [2.05, 4.69) is 10.4 Å². The summed E-state index contributed by atoms with van der Waals surface area (Å²) in [6.07, 6.45) is 0.924. The van der Waals surface area contributed by atoms with Crippen LogP contribution >= 0.6 is 0 Å². The van der Waals surface area contributed by atoms with E-state index in [0.717, 1.165) is 55.5 Å². The van der Waals surface area contributed by atoms with Crippen LogP contribution in [0.3, 0.4) is 0 Å². The number of aryl methyl sites for hydroxylation is 3. The fourth-order valence-corrected chi connectivity index (χ4v) is 4.37. The third-order valence-corrected chi connectivity index (χ3v) is 5.98.